The number of carbonyl (C=O) groups excluding carboxylic acids is 1. The quantitative estimate of drug-likeness (QED) is 0.296. The lowest BCUT2D eigenvalue weighted by Gasteiger charge is -2.21. The van der Waals surface area contributed by atoms with Gasteiger partial charge in [0.15, 0.2) is 5.76 Å². The molecule has 3 atom stereocenters. The Hall–Kier alpha value is -2.35. The summed E-state index contributed by atoms with van der Waals surface area (Å²) in [6.07, 6.45) is -3.99. The number of hydrogen-bond acceptors (Lipinski definition) is 6. The van der Waals surface area contributed by atoms with Crippen molar-refractivity contribution in [2.45, 2.75) is 46.0 Å². The zero-order valence-corrected chi connectivity index (χ0v) is 19.6. The second-order valence-corrected chi connectivity index (χ2v) is 8.42. The van der Waals surface area contributed by atoms with Crippen molar-refractivity contribution in [2.24, 2.45) is 0 Å². The third kappa shape index (κ3) is 5.52. The van der Waals surface area contributed by atoms with Gasteiger partial charge in [-0.15, -0.1) is 0 Å². The van der Waals surface area contributed by atoms with Crippen molar-refractivity contribution in [3.8, 4) is 0 Å². The van der Waals surface area contributed by atoms with Crippen LogP contribution < -0.4 is 0 Å². The molecule has 2 aromatic rings. The van der Waals surface area contributed by atoms with Gasteiger partial charge < -0.3 is 25.5 Å². The summed E-state index contributed by atoms with van der Waals surface area (Å²) in [6.45, 7) is 7.05. The number of Topliss-reactive ketones (excluding diaryl/α,β-unsaturated/α-hetero) is 1. The zero-order chi connectivity index (χ0) is 24.3. The van der Waals surface area contributed by atoms with Crippen molar-refractivity contribution in [1.82, 2.24) is 0 Å². The Labute approximate surface area is 196 Å². The average Bonchev–Trinajstić information content (AvgIpc) is 2.77. The van der Waals surface area contributed by atoms with E-state index in [9.17, 15) is 30.3 Å². The van der Waals surface area contributed by atoms with Crippen LogP contribution in [0.5, 0.6) is 0 Å². The Kier molecular flexibility index (Phi) is 8.51. The number of aliphatic hydroxyl groups excluding tert-OH is 5. The van der Waals surface area contributed by atoms with Gasteiger partial charge in [0.2, 0.25) is 5.78 Å². The SMILES string of the molecule is Cc1ccc(C=C(O)C(=O)[C@H](O)[C@@H](O)[C@H](O)C(O)=Cc2ccc(C)c(Cl)c2C)c(C)c1Cl. The Morgan fingerprint density at radius 2 is 1.22 bits per heavy atom. The molecule has 0 spiro atoms. The molecule has 172 valence electrons. The van der Waals surface area contributed by atoms with Gasteiger partial charge in [0.1, 0.15) is 24.1 Å². The Balaban J connectivity index is 2.23. The summed E-state index contributed by atoms with van der Waals surface area (Å²) in [6, 6.07) is 6.73. The first-order valence-corrected chi connectivity index (χ1v) is 10.5. The molecule has 0 amide bonds. The topological polar surface area (TPSA) is 118 Å². The van der Waals surface area contributed by atoms with Crippen LogP contribution in [0.3, 0.4) is 0 Å². The van der Waals surface area contributed by atoms with Crippen LogP contribution in [0.1, 0.15) is 33.4 Å². The summed E-state index contributed by atoms with van der Waals surface area (Å²) < 4.78 is 0. The minimum Gasteiger partial charge on any atom is -0.509 e. The van der Waals surface area contributed by atoms with Gasteiger partial charge >= 0.3 is 0 Å². The van der Waals surface area contributed by atoms with E-state index in [1.54, 1.807) is 45.0 Å². The van der Waals surface area contributed by atoms with Gasteiger partial charge in [0, 0.05) is 10.0 Å². The number of aliphatic hydroxyl groups is 5. The molecule has 0 heterocycles. The van der Waals surface area contributed by atoms with Crippen LogP contribution in [0.4, 0.5) is 0 Å². The molecule has 0 aromatic heterocycles. The van der Waals surface area contributed by atoms with Crippen molar-refractivity contribution < 1.29 is 30.3 Å². The Morgan fingerprint density at radius 3 is 1.69 bits per heavy atom. The van der Waals surface area contributed by atoms with Crippen LogP contribution in [0.15, 0.2) is 35.8 Å². The summed E-state index contributed by atoms with van der Waals surface area (Å²) in [7, 11) is 0. The molecule has 0 saturated carbocycles. The number of rotatable bonds is 7. The van der Waals surface area contributed by atoms with Crippen LogP contribution in [-0.4, -0.2) is 49.6 Å². The summed E-state index contributed by atoms with van der Waals surface area (Å²) >= 11 is 12.4. The van der Waals surface area contributed by atoms with Crippen molar-refractivity contribution in [1.29, 1.82) is 0 Å². The minimum atomic E-state index is -2.19. The normalized spacial score (nSPS) is 15.4. The second kappa shape index (κ2) is 10.5. The number of benzene rings is 2. The first-order chi connectivity index (χ1) is 14.9. The largest absolute Gasteiger partial charge is 0.509 e. The van der Waals surface area contributed by atoms with Gasteiger partial charge in [-0.25, -0.2) is 0 Å². The lowest BCUT2D eigenvalue weighted by Crippen LogP contribution is -2.43. The van der Waals surface area contributed by atoms with E-state index in [0.717, 1.165) is 17.2 Å². The first kappa shape index (κ1) is 25.9. The van der Waals surface area contributed by atoms with Gasteiger partial charge in [0.25, 0.3) is 0 Å². The number of halogens is 2. The molecule has 0 fully saturated rings. The molecule has 0 unspecified atom stereocenters. The molecule has 5 N–H and O–H groups in total. The molecule has 32 heavy (non-hydrogen) atoms. The van der Waals surface area contributed by atoms with E-state index in [-0.39, 0.29) is 0 Å². The molecule has 0 radical (unpaired) electrons. The third-order valence-corrected chi connectivity index (χ3v) is 6.47. The van der Waals surface area contributed by atoms with Crippen molar-refractivity contribution in [3.05, 3.63) is 79.2 Å². The van der Waals surface area contributed by atoms with Gasteiger partial charge in [-0.2, -0.15) is 0 Å². The van der Waals surface area contributed by atoms with Crippen LogP contribution >= 0.6 is 23.2 Å². The maximum absolute atomic E-state index is 12.4. The predicted octanol–water partition coefficient (Wildman–Crippen LogP) is 4.38. The zero-order valence-electron chi connectivity index (χ0n) is 18.1. The average molecular weight is 481 g/mol. The van der Waals surface area contributed by atoms with E-state index >= 15 is 0 Å². The fourth-order valence-electron chi connectivity index (χ4n) is 3.10. The highest BCUT2D eigenvalue weighted by Crippen LogP contribution is 2.27. The number of aryl methyl sites for hydroxylation is 2. The highest BCUT2D eigenvalue weighted by Gasteiger charge is 2.34. The van der Waals surface area contributed by atoms with Crippen LogP contribution in [-0.2, 0) is 4.79 Å². The minimum absolute atomic E-state index is 0.447. The van der Waals surface area contributed by atoms with E-state index in [0.29, 0.717) is 32.3 Å². The maximum atomic E-state index is 12.4. The van der Waals surface area contributed by atoms with Crippen LogP contribution in [0.2, 0.25) is 10.0 Å². The molecule has 2 rings (SSSR count). The van der Waals surface area contributed by atoms with Crippen molar-refractivity contribution in [2.75, 3.05) is 0 Å². The van der Waals surface area contributed by atoms with Crippen molar-refractivity contribution >= 4 is 41.1 Å². The third-order valence-electron chi connectivity index (χ3n) is 5.31. The smallest absolute Gasteiger partial charge is 0.228 e. The van der Waals surface area contributed by atoms with Gasteiger partial charge in [-0.3, -0.25) is 4.79 Å². The second-order valence-electron chi connectivity index (χ2n) is 7.66. The molecule has 8 heteroatoms. The first-order valence-electron chi connectivity index (χ1n) is 9.77. The standard InChI is InChI=1S/C24H26Cl2O6/c1-11-5-7-15(13(3)19(11)25)9-17(27)21(29)23(31)24(32)22(30)18(28)10-16-8-6-12(2)20(26)14(16)4/h5-10,21,23-24,27-29,31-32H,1-4H3/t21-,23+,24+/m1/s1. The van der Waals surface area contributed by atoms with Gasteiger partial charge in [-0.05, 0) is 73.2 Å². The Morgan fingerprint density at radius 1 is 0.781 bits per heavy atom. The van der Waals surface area contributed by atoms with Gasteiger partial charge in [0.05, 0.1) is 0 Å². The molecule has 0 aliphatic heterocycles. The monoisotopic (exact) mass is 480 g/mol. The van der Waals surface area contributed by atoms with Crippen LogP contribution in [0.25, 0.3) is 12.2 Å². The number of carbonyl (C=O) groups is 1. The molecule has 2 aromatic carbocycles. The van der Waals surface area contributed by atoms with E-state index in [4.69, 9.17) is 23.2 Å². The van der Waals surface area contributed by atoms with E-state index in [2.05, 4.69) is 0 Å². The molecule has 0 saturated heterocycles. The lowest BCUT2D eigenvalue weighted by atomic mass is 9.98. The fourth-order valence-corrected chi connectivity index (χ4v) is 3.45. The molecule has 0 aliphatic rings. The molecular weight excluding hydrogens is 455 g/mol. The fraction of sp³-hybridized carbons (Fsp3) is 0.292. The predicted molar refractivity (Wildman–Crippen MR) is 126 cm³/mol. The van der Waals surface area contributed by atoms with Gasteiger partial charge in [-0.1, -0.05) is 47.5 Å². The van der Waals surface area contributed by atoms with Crippen LogP contribution in [0, 0.1) is 27.7 Å². The van der Waals surface area contributed by atoms with E-state index < -0.39 is 35.6 Å². The summed E-state index contributed by atoms with van der Waals surface area (Å²) in [5.41, 5.74) is 3.84. The molecule has 6 nitrogen and oxygen atoms in total. The summed E-state index contributed by atoms with van der Waals surface area (Å²) in [5, 5.41) is 51.9. The Bertz CT molecular complexity index is 1090. The molecular formula is C24H26Cl2O6. The highest BCUT2D eigenvalue weighted by atomic mass is 35.5. The lowest BCUT2D eigenvalue weighted by molar-refractivity contribution is -0.136. The number of ketones is 1. The summed E-state index contributed by atoms with van der Waals surface area (Å²) in [4.78, 5) is 12.4. The number of hydrogen-bond donors (Lipinski definition) is 5. The van der Waals surface area contributed by atoms with E-state index in [1.165, 1.54) is 6.08 Å². The van der Waals surface area contributed by atoms with Crippen molar-refractivity contribution in [3.63, 3.8) is 0 Å². The molecule has 0 bridgehead atoms. The maximum Gasteiger partial charge on any atom is 0.228 e. The summed E-state index contributed by atoms with van der Waals surface area (Å²) in [5.74, 6) is -2.75. The molecule has 0 aliphatic carbocycles. The highest BCUT2D eigenvalue weighted by molar-refractivity contribution is 6.32. The van der Waals surface area contributed by atoms with E-state index in [1.807, 2.05) is 6.92 Å².